The third kappa shape index (κ3) is 3.64. The number of hydrogen-bond donors (Lipinski definition) is 2. The number of aromatic nitrogens is 2. The van der Waals surface area contributed by atoms with Gasteiger partial charge in [0.05, 0.1) is 11.0 Å². The van der Waals surface area contributed by atoms with Crippen molar-refractivity contribution in [1.82, 2.24) is 15.1 Å². The fraction of sp³-hybridized carbons (Fsp3) is 0.412. The maximum atomic E-state index is 12.6. The minimum atomic E-state index is -0.745. The highest BCUT2D eigenvalue weighted by atomic mass is 79.9. The van der Waals surface area contributed by atoms with Crippen molar-refractivity contribution in [3.8, 4) is 0 Å². The molecule has 2 N–H and O–H groups in total. The van der Waals surface area contributed by atoms with E-state index in [1.165, 1.54) is 6.92 Å². The molecule has 1 amide bonds. The molecule has 1 aliphatic rings. The van der Waals surface area contributed by atoms with E-state index in [1.807, 2.05) is 0 Å². The topological polar surface area (TPSA) is 101 Å². The van der Waals surface area contributed by atoms with E-state index in [0.29, 0.717) is 23.6 Å². The number of fused-ring (bicyclic) bond motifs is 1. The Hall–Kier alpha value is -2.06. The van der Waals surface area contributed by atoms with Gasteiger partial charge in [-0.2, -0.15) is 5.10 Å². The Morgan fingerprint density at radius 1 is 1.40 bits per heavy atom. The number of amides is 1. The molecular weight excluding hydrogens is 390 g/mol. The number of halogens is 1. The molecule has 0 bridgehead atoms. The first-order valence-corrected chi connectivity index (χ1v) is 8.69. The summed E-state index contributed by atoms with van der Waals surface area (Å²) in [5, 5.41) is 17.3. The van der Waals surface area contributed by atoms with Crippen molar-refractivity contribution in [2.24, 2.45) is 0 Å². The smallest absolute Gasteiger partial charge is 0.275 e. The Morgan fingerprint density at radius 3 is 2.68 bits per heavy atom. The highest BCUT2D eigenvalue weighted by Gasteiger charge is 2.39. The maximum absolute atomic E-state index is 12.6. The molecule has 0 saturated heterocycles. The average Bonchev–Trinajstić information content (AvgIpc) is 2.47. The van der Waals surface area contributed by atoms with Gasteiger partial charge in [-0.15, -0.1) is 0 Å². The van der Waals surface area contributed by atoms with E-state index in [9.17, 15) is 19.5 Å². The summed E-state index contributed by atoms with van der Waals surface area (Å²) in [5.74, 6) is -0.659. The third-order valence-electron chi connectivity index (χ3n) is 4.29. The van der Waals surface area contributed by atoms with Gasteiger partial charge in [0.15, 0.2) is 5.78 Å². The zero-order chi connectivity index (χ0) is 18.4. The second-order valence-corrected chi connectivity index (χ2v) is 7.64. The molecule has 3 rings (SSSR count). The second-order valence-electron chi connectivity index (χ2n) is 6.73. The van der Waals surface area contributed by atoms with Crippen LogP contribution in [0.15, 0.2) is 27.5 Å². The monoisotopic (exact) mass is 407 g/mol. The minimum absolute atomic E-state index is 0.109. The van der Waals surface area contributed by atoms with Crippen LogP contribution in [-0.4, -0.2) is 38.2 Å². The average molecular weight is 408 g/mol. The zero-order valence-electron chi connectivity index (χ0n) is 13.9. The van der Waals surface area contributed by atoms with Gasteiger partial charge in [-0.3, -0.25) is 14.4 Å². The summed E-state index contributed by atoms with van der Waals surface area (Å²) in [4.78, 5) is 36.6. The van der Waals surface area contributed by atoms with E-state index in [-0.39, 0.29) is 30.0 Å². The van der Waals surface area contributed by atoms with Crippen LogP contribution in [0.4, 0.5) is 0 Å². The molecule has 0 unspecified atom stereocenters. The van der Waals surface area contributed by atoms with Gasteiger partial charge in [0, 0.05) is 22.8 Å². The number of nitrogens with one attached hydrogen (secondary N) is 1. The Bertz CT molecular complexity index is 927. The summed E-state index contributed by atoms with van der Waals surface area (Å²) >= 11 is 3.32. The molecule has 2 aromatic rings. The van der Waals surface area contributed by atoms with Gasteiger partial charge in [-0.05, 0) is 38.0 Å². The molecule has 25 heavy (non-hydrogen) atoms. The van der Waals surface area contributed by atoms with Crippen LogP contribution in [0.3, 0.4) is 0 Å². The normalized spacial score (nSPS) is 22.5. The van der Waals surface area contributed by atoms with Crippen LogP contribution in [0, 0.1) is 0 Å². The Morgan fingerprint density at radius 2 is 2.08 bits per heavy atom. The molecule has 1 aromatic heterocycles. The van der Waals surface area contributed by atoms with E-state index in [4.69, 9.17) is 0 Å². The van der Waals surface area contributed by atoms with E-state index in [1.54, 1.807) is 25.1 Å². The van der Waals surface area contributed by atoms with Gasteiger partial charge < -0.3 is 10.4 Å². The zero-order valence-corrected chi connectivity index (χ0v) is 15.5. The number of carbonyl (C=O) groups excluding carboxylic acids is 2. The molecule has 1 saturated carbocycles. The Kier molecular flexibility index (Phi) is 4.51. The van der Waals surface area contributed by atoms with Crippen molar-refractivity contribution >= 4 is 38.4 Å². The molecule has 0 spiro atoms. The first-order chi connectivity index (χ1) is 11.7. The highest BCUT2D eigenvalue weighted by molar-refractivity contribution is 9.10. The predicted octanol–water partition coefficient (Wildman–Crippen LogP) is 1.39. The van der Waals surface area contributed by atoms with Crippen molar-refractivity contribution in [3.63, 3.8) is 0 Å². The maximum Gasteiger partial charge on any atom is 0.275 e. The molecule has 0 atom stereocenters. The lowest BCUT2D eigenvalue weighted by Crippen LogP contribution is -2.54. The lowest BCUT2D eigenvalue weighted by molar-refractivity contribution is -0.125. The fourth-order valence-electron chi connectivity index (χ4n) is 3.14. The number of nitrogens with zero attached hydrogens (tertiary/aromatic N) is 2. The lowest BCUT2D eigenvalue weighted by atomic mass is 9.77. The van der Waals surface area contributed by atoms with Crippen molar-refractivity contribution in [2.75, 3.05) is 0 Å². The van der Waals surface area contributed by atoms with Gasteiger partial charge in [0.25, 0.3) is 5.56 Å². The first kappa shape index (κ1) is 17.8. The fourth-order valence-corrected chi connectivity index (χ4v) is 3.50. The molecule has 1 fully saturated rings. The quantitative estimate of drug-likeness (QED) is 0.745. The molecule has 8 heteroatoms. The number of ketones is 1. The SMILES string of the molecule is CC(=O)c1nn(CC(=O)N[C@H]2C[C@@](C)(O)C2)c(=O)c2ccc(Br)cc12. The summed E-state index contributed by atoms with van der Waals surface area (Å²) < 4.78 is 1.75. The van der Waals surface area contributed by atoms with E-state index in [0.717, 1.165) is 9.15 Å². The van der Waals surface area contributed by atoms with E-state index in [2.05, 4.69) is 26.3 Å². The summed E-state index contributed by atoms with van der Waals surface area (Å²) in [5.41, 5.74) is -1.02. The van der Waals surface area contributed by atoms with Crippen molar-refractivity contribution < 1.29 is 14.7 Å². The summed E-state index contributed by atoms with van der Waals surface area (Å²) in [6.45, 7) is 2.81. The van der Waals surface area contributed by atoms with Gasteiger partial charge in [0.1, 0.15) is 12.2 Å². The third-order valence-corrected chi connectivity index (χ3v) is 4.78. The van der Waals surface area contributed by atoms with Crippen LogP contribution in [0.5, 0.6) is 0 Å². The largest absolute Gasteiger partial charge is 0.390 e. The van der Waals surface area contributed by atoms with Crippen molar-refractivity contribution in [3.05, 3.63) is 38.7 Å². The number of rotatable bonds is 4. The standard InChI is InChI=1S/C17H18BrN3O4/c1-9(22)15-13-5-10(18)3-4-12(13)16(24)21(20-15)8-14(23)19-11-6-17(2,25)7-11/h3-5,11,25H,6-8H2,1-2H3,(H,19,23)/t11-,17+. The van der Waals surface area contributed by atoms with Gasteiger partial charge >= 0.3 is 0 Å². The van der Waals surface area contributed by atoms with Crippen molar-refractivity contribution in [2.45, 2.75) is 44.9 Å². The van der Waals surface area contributed by atoms with Crippen LogP contribution in [0.1, 0.15) is 37.2 Å². The molecule has 1 aliphatic carbocycles. The van der Waals surface area contributed by atoms with Gasteiger partial charge in [-0.25, -0.2) is 4.68 Å². The summed E-state index contributed by atoms with van der Waals surface area (Å²) in [7, 11) is 0. The lowest BCUT2D eigenvalue weighted by Gasteiger charge is -2.41. The van der Waals surface area contributed by atoms with Crippen LogP contribution in [-0.2, 0) is 11.3 Å². The number of Topliss-reactive ketones (excluding diaryl/α,β-unsaturated/α-hetero) is 1. The number of benzene rings is 1. The van der Waals surface area contributed by atoms with Crippen LogP contribution in [0.25, 0.3) is 10.8 Å². The molecule has 7 nitrogen and oxygen atoms in total. The molecule has 1 aromatic carbocycles. The number of carbonyl (C=O) groups is 2. The molecule has 0 radical (unpaired) electrons. The Labute approximate surface area is 152 Å². The van der Waals surface area contributed by atoms with E-state index < -0.39 is 11.2 Å². The molecule has 1 heterocycles. The summed E-state index contributed by atoms with van der Waals surface area (Å²) in [6, 6.07) is 4.87. The van der Waals surface area contributed by atoms with Crippen LogP contribution in [0.2, 0.25) is 0 Å². The first-order valence-electron chi connectivity index (χ1n) is 7.89. The minimum Gasteiger partial charge on any atom is -0.390 e. The highest BCUT2D eigenvalue weighted by Crippen LogP contribution is 2.31. The number of aliphatic hydroxyl groups is 1. The molecular formula is C17H18BrN3O4. The molecule has 0 aliphatic heterocycles. The van der Waals surface area contributed by atoms with Crippen LogP contribution < -0.4 is 10.9 Å². The van der Waals surface area contributed by atoms with Gasteiger partial charge in [-0.1, -0.05) is 15.9 Å². The predicted molar refractivity (Wildman–Crippen MR) is 95.5 cm³/mol. The second kappa shape index (κ2) is 6.34. The van der Waals surface area contributed by atoms with Gasteiger partial charge in [0.2, 0.25) is 5.91 Å². The Balaban J connectivity index is 1.90. The van der Waals surface area contributed by atoms with Crippen LogP contribution >= 0.6 is 15.9 Å². The summed E-state index contributed by atoms with van der Waals surface area (Å²) in [6.07, 6.45) is 0.955. The van der Waals surface area contributed by atoms with Crippen molar-refractivity contribution in [1.29, 1.82) is 0 Å². The van der Waals surface area contributed by atoms with E-state index >= 15 is 0 Å². The number of hydrogen-bond acceptors (Lipinski definition) is 5. The molecule has 132 valence electrons.